The number of aliphatic carboxylic acids is 1. The van der Waals surface area contributed by atoms with Gasteiger partial charge in [0.25, 0.3) is 0 Å². The summed E-state index contributed by atoms with van der Waals surface area (Å²) < 4.78 is 0. The Morgan fingerprint density at radius 2 is 1.89 bits per heavy atom. The SMILES string of the molecule is CCN(C)CCNC(=O)NCC(C)(CC)C(=O)O. The number of likely N-dealkylation sites (N-methyl/N-ethyl adjacent to an activating group) is 1. The highest BCUT2D eigenvalue weighted by atomic mass is 16.4. The molecule has 0 aliphatic heterocycles. The van der Waals surface area contributed by atoms with Crippen LogP contribution >= 0.6 is 0 Å². The van der Waals surface area contributed by atoms with Crippen molar-refractivity contribution in [2.24, 2.45) is 5.41 Å². The summed E-state index contributed by atoms with van der Waals surface area (Å²) >= 11 is 0. The zero-order valence-corrected chi connectivity index (χ0v) is 11.7. The number of hydrogen-bond acceptors (Lipinski definition) is 3. The number of carboxylic acids is 1. The first kappa shape index (κ1) is 16.7. The summed E-state index contributed by atoms with van der Waals surface area (Å²) in [4.78, 5) is 24.6. The lowest BCUT2D eigenvalue weighted by molar-refractivity contribution is -0.147. The van der Waals surface area contributed by atoms with Crippen LogP contribution in [-0.4, -0.2) is 55.2 Å². The third-order valence-electron chi connectivity index (χ3n) is 3.25. The van der Waals surface area contributed by atoms with E-state index in [4.69, 9.17) is 5.11 Å². The molecule has 18 heavy (non-hydrogen) atoms. The maximum atomic E-state index is 11.5. The van der Waals surface area contributed by atoms with E-state index in [0.717, 1.165) is 13.1 Å². The number of nitrogens with zero attached hydrogens (tertiary/aromatic N) is 1. The molecule has 0 spiro atoms. The van der Waals surface area contributed by atoms with Crippen molar-refractivity contribution in [3.63, 3.8) is 0 Å². The molecular weight excluding hydrogens is 234 g/mol. The molecule has 0 heterocycles. The highest BCUT2D eigenvalue weighted by molar-refractivity contribution is 5.77. The van der Waals surface area contributed by atoms with Gasteiger partial charge in [-0.15, -0.1) is 0 Å². The smallest absolute Gasteiger partial charge is 0.314 e. The second kappa shape index (κ2) is 7.92. The molecule has 0 bridgehead atoms. The van der Waals surface area contributed by atoms with Crippen LogP contribution < -0.4 is 10.6 Å². The number of carbonyl (C=O) groups excluding carboxylic acids is 1. The second-order valence-electron chi connectivity index (χ2n) is 4.72. The van der Waals surface area contributed by atoms with Gasteiger partial charge in [-0.3, -0.25) is 4.79 Å². The highest BCUT2D eigenvalue weighted by Gasteiger charge is 2.31. The van der Waals surface area contributed by atoms with Gasteiger partial charge in [-0.2, -0.15) is 0 Å². The van der Waals surface area contributed by atoms with E-state index in [0.29, 0.717) is 13.0 Å². The summed E-state index contributed by atoms with van der Waals surface area (Å²) in [5, 5.41) is 14.3. The first-order chi connectivity index (χ1) is 8.35. The van der Waals surface area contributed by atoms with Crippen LogP contribution in [0, 0.1) is 5.41 Å². The first-order valence-corrected chi connectivity index (χ1v) is 6.29. The predicted octanol–water partition coefficient (Wildman–Crippen LogP) is 0.738. The van der Waals surface area contributed by atoms with Crippen LogP contribution in [0.15, 0.2) is 0 Å². The molecule has 0 saturated heterocycles. The Balaban J connectivity index is 3.93. The summed E-state index contributed by atoms with van der Waals surface area (Å²) in [5.41, 5.74) is -0.905. The molecule has 1 unspecified atom stereocenters. The number of hydrogen-bond donors (Lipinski definition) is 3. The van der Waals surface area contributed by atoms with Crippen molar-refractivity contribution in [3.8, 4) is 0 Å². The average Bonchev–Trinajstić information content (AvgIpc) is 2.35. The third-order valence-corrected chi connectivity index (χ3v) is 3.25. The van der Waals surface area contributed by atoms with Crippen molar-refractivity contribution in [2.75, 3.05) is 33.2 Å². The van der Waals surface area contributed by atoms with Crippen molar-refractivity contribution >= 4 is 12.0 Å². The Kier molecular flexibility index (Phi) is 7.35. The number of carbonyl (C=O) groups is 2. The lowest BCUT2D eigenvalue weighted by atomic mass is 9.88. The second-order valence-corrected chi connectivity index (χ2v) is 4.72. The molecule has 3 N–H and O–H groups in total. The Bertz CT molecular complexity index is 284. The number of carboxylic acid groups (broad SMARTS) is 1. The van der Waals surface area contributed by atoms with E-state index in [-0.39, 0.29) is 12.6 Å². The molecule has 0 radical (unpaired) electrons. The largest absolute Gasteiger partial charge is 0.481 e. The fourth-order valence-electron chi connectivity index (χ4n) is 1.21. The minimum Gasteiger partial charge on any atom is -0.481 e. The van der Waals surface area contributed by atoms with E-state index in [9.17, 15) is 9.59 Å². The Hall–Kier alpha value is -1.30. The molecule has 6 heteroatoms. The van der Waals surface area contributed by atoms with Crippen molar-refractivity contribution in [1.82, 2.24) is 15.5 Å². The van der Waals surface area contributed by atoms with Crippen LogP contribution in [-0.2, 0) is 4.79 Å². The zero-order chi connectivity index (χ0) is 14.2. The molecule has 0 aromatic rings. The summed E-state index contributed by atoms with van der Waals surface area (Å²) in [6.45, 7) is 7.84. The van der Waals surface area contributed by atoms with Crippen molar-refractivity contribution in [1.29, 1.82) is 0 Å². The van der Waals surface area contributed by atoms with Gasteiger partial charge in [0.05, 0.1) is 5.41 Å². The van der Waals surface area contributed by atoms with E-state index in [1.807, 2.05) is 14.0 Å². The lowest BCUT2D eigenvalue weighted by Crippen LogP contribution is -2.45. The number of rotatable bonds is 8. The normalized spacial score (nSPS) is 14.1. The molecule has 1 atom stereocenters. The summed E-state index contributed by atoms with van der Waals surface area (Å²) in [6, 6.07) is -0.319. The van der Waals surface area contributed by atoms with Gasteiger partial charge in [-0.1, -0.05) is 13.8 Å². The quantitative estimate of drug-likeness (QED) is 0.600. The van der Waals surface area contributed by atoms with Gasteiger partial charge in [0, 0.05) is 19.6 Å². The minimum absolute atomic E-state index is 0.133. The Labute approximate surface area is 109 Å². The van der Waals surface area contributed by atoms with E-state index < -0.39 is 11.4 Å². The number of nitrogens with one attached hydrogen (secondary N) is 2. The van der Waals surface area contributed by atoms with Crippen LogP contribution in [0.25, 0.3) is 0 Å². The van der Waals surface area contributed by atoms with Gasteiger partial charge in [-0.25, -0.2) is 4.79 Å². The standard InChI is InChI=1S/C12H25N3O3/c1-5-12(3,10(16)17)9-14-11(18)13-7-8-15(4)6-2/h5-9H2,1-4H3,(H,16,17)(H2,13,14,18). The van der Waals surface area contributed by atoms with E-state index in [1.165, 1.54) is 0 Å². The van der Waals surface area contributed by atoms with E-state index in [1.54, 1.807) is 13.8 Å². The Morgan fingerprint density at radius 3 is 2.33 bits per heavy atom. The molecule has 0 fully saturated rings. The molecule has 0 aromatic carbocycles. The van der Waals surface area contributed by atoms with Crippen molar-refractivity contribution in [2.45, 2.75) is 27.2 Å². The molecule has 106 valence electrons. The zero-order valence-electron chi connectivity index (χ0n) is 11.7. The molecule has 0 aliphatic carbocycles. The molecule has 6 nitrogen and oxygen atoms in total. The van der Waals surface area contributed by atoms with Gasteiger partial charge >= 0.3 is 12.0 Å². The van der Waals surface area contributed by atoms with Gasteiger partial charge in [0.2, 0.25) is 0 Å². The lowest BCUT2D eigenvalue weighted by Gasteiger charge is -2.23. The van der Waals surface area contributed by atoms with E-state index >= 15 is 0 Å². The maximum Gasteiger partial charge on any atom is 0.314 e. The van der Waals surface area contributed by atoms with Gasteiger partial charge in [-0.05, 0) is 26.9 Å². The van der Waals surface area contributed by atoms with Gasteiger partial charge in [0.15, 0.2) is 0 Å². The monoisotopic (exact) mass is 259 g/mol. The van der Waals surface area contributed by atoms with Gasteiger partial charge < -0.3 is 20.6 Å². The topological polar surface area (TPSA) is 81.7 Å². The summed E-state index contributed by atoms with van der Waals surface area (Å²) in [5.74, 6) is -0.893. The van der Waals surface area contributed by atoms with Crippen LogP contribution in [0.5, 0.6) is 0 Å². The molecule has 2 amide bonds. The molecule has 0 rings (SSSR count). The highest BCUT2D eigenvalue weighted by Crippen LogP contribution is 2.19. The molecule has 0 saturated carbocycles. The fraction of sp³-hybridized carbons (Fsp3) is 0.833. The maximum absolute atomic E-state index is 11.5. The molecule has 0 aliphatic rings. The first-order valence-electron chi connectivity index (χ1n) is 6.29. The summed E-state index contributed by atoms with van der Waals surface area (Å²) in [7, 11) is 1.97. The van der Waals surface area contributed by atoms with Crippen molar-refractivity contribution in [3.05, 3.63) is 0 Å². The average molecular weight is 259 g/mol. The van der Waals surface area contributed by atoms with Crippen LogP contribution in [0.3, 0.4) is 0 Å². The third kappa shape index (κ3) is 5.86. The minimum atomic E-state index is -0.905. The van der Waals surface area contributed by atoms with Crippen molar-refractivity contribution < 1.29 is 14.7 Å². The predicted molar refractivity (Wildman–Crippen MR) is 70.6 cm³/mol. The number of urea groups is 1. The van der Waals surface area contributed by atoms with E-state index in [2.05, 4.69) is 15.5 Å². The van der Waals surface area contributed by atoms with Crippen LogP contribution in [0.1, 0.15) is 27.2 Å². The van der Waals surface area contributed by atoms with Crippen LogP contribution in [0.2, 0.25) is 0 Å². The molecular formula is C12H25N3O3. The number of amides is 2. The fourth-order valence-corrected chi connectivity index (χ4v) is 1.21. The van der Waals surface area contributed by atoms with Gasteiger partial charge in [0.1, 0.15) is 0 Å². The summed E-state index contributed by atoms with van der Waals surface area (Å²) in [6.07, 6.45) is 0.473. The van der Waals surface area contributed by atoms with Crippen LogP contribution in [0.4, 0.5) is 4.79 Å². The Morgan fingerprint density at radius 1 is 1.28 bits per heavy atom. The molecule has 0 aromatic heterocycles.